The maximum absolute atomic E-state index is 13.7. The van der Waals surface area contributed by atoms with Crippen molar-refractivity contribution in [1.29, 1.82) is 0 Å². The summed E-state index contributed by atoms with van der Waals surface area (Å²) < 4.78 is 18.1. The maximum Gasteiger partial charge on any atom is 0.360 e. The zero-order valence-corrected chi connectivity index (χ0v) is 21.2. The molecule has 1 aliphatic heterocycles. The number of carbonyl (C=O) groups excluding carboxylic acids is 3. The van der Waals surface area contributed by atoms with Crippen LogP contribution in [0.4, 0.5) is 10.1 Å². The Bertz CT molecular complexity index is 1190. The Morgan fingerprint density at radius 3 is 2.47 bits per heavy atom. The molecule has 0 fully saturated rings. The molecule has 36 heavy (non-hydrogen) atoms. The third kappa shape index (κ3) is 5.77. The SMILES string of the molecule is CC(C)OCCNC(=O)C1=C(O)c2ncc(Cc3ccc(F)cc3)cc2[N+](C)(CC(=O)N(C)C)C1=O. The number of amides is 3. The zero-order valence-electron chi connectivity index (χ0n) is 21.2. The Balaban J connectivity index is 2.02. The summed E-state index contributed by atoms with van der Waals surface area (Å²) in [4.78, 5) is 45.1. The van der Waals surface area contributed by atoms with Crippen molar-refractivity contribution in [1.82, 2.24) is 19.7 Å². The molecule has 1 aromatic heterocycles. The Labute approximate surface area is 209 Å². The number of aliphatic hydroxyl groups is 1. The molecule has 1 unspecified atom stereocenters. The average molecular weight is 500 g/mol. The van der Waals surface area contributed by atoms with Crippen molar-refractivity contribution in [2.75, 3.05) is 40.8 Å². The van der Waals surface area contributed by atoms with Gasteiger partial charge in [-0.25, -0.2) is 18.7 Å². The third-order valence-electron chi connectivity index (χ3n) is 5.92. The fraction of sp³-hybridized carbons (Fsp3) is 0.385. The summed E-state index contributed by atoms with van der Waals surface area (Å²) in [5.41, 5.74) is 1.41. The molecule has 0 saturated carbocycles. The molecule has 3 rings (SSSR count). The van der Waals surface area contributed by atoms with E-state index in [-0.39, 0.29) is 43.2 Å². The largest absolute Gasteiger partial charge is 0.504 e. The quantitative estimate of drug-likeness (QED) is 0.311. The molecule has 0 saturated heterocycles. The highest BCUT2D eigenvalue weighted by Crippen LogP contribution is 2.38. The van der Waals surface area contributed by atoms with Crippen molar-refractivity contribution in [2.45, 2.75) is 26.4 Å². The predicted molar refractivity (Wildman–Crippen MR) is 133 cm³/mol. The minimum atomic E-state index is -0.769. The molecule has 2 aromatic rings. The van der Waals surface area contributed by atoms with Crippen molar-refractivity contribution in [3.63, 3.8) is 0 Å². The fourth-order valence-corrected chi connectivity index (χ4v) is 3.89. The van der Waals surface area contributed by atoms with E-state index < -0.39 is 27.6 Å². The van der Waals surface area contributed by atoms with Gasteiger partial charge in [0.2, 0.25) is 0 Å². The van der Waals surface area contributed by atoms with E-state index in [0.29, 0.717) is 17.7 Å². The second-order valence-corrected chi connectivity index (χ2v) is 9.36. The summed E-state index contributed by atoms with van der Waals surface area (Å²) in [5, 5.41) is 13.5. The Morgan fingerprint density at radius 2 is 1.86 bits per heavy atom. The van der Waals surface area contributed by atoms with Crippen molar-refractivity contribution in [3.8, 4) is 0 Å². The number of pyridine rings is 1. The van der Waals surface area contributed by atoms with Gasteiger partial charge in [-0.2, -0.15) is 0 Å². The molecule has 192 valence electrons. The van der Waals surface area contributed by atoms with Gasteiger partial charge in [-0.3, -0.25) is 9.59 Å². The number of ether oxygens (including phenoxy) is 1. The van der Waals surface area contributed by atoms with Crippen LogP contribution in [0, 0.1) is 5.82 Å². The van der Waals surface area contributed by atoms with Crippen LogP contribution in [0.25, 0.3) is 5.76 Å². The number of fused-ring (bicyclic) bond motifs is 1. The molecule has 9 nitrogen and oxygen atoms in total. The standard InChI is InChI=1S/C26H31FN4O5/c1-16(2)36-11-10-28-25(34)22-24(33)23-20(31(5,26(22)35)15-21(32)30(3)4)13-18(14-29-23)12-17-6-8-19(27)9-7-17/h6-9,13-14,16H,10-12,15H2,1-5H3,(H-,28,33,34,35)/p+1. The highest BCUT2D eigenvalue weighted by atomic mass is 19.1. The van der Waals surface area contributed by atoms with Crippen LogP contribution in [0.5, 0.6) is 0 Å². The Hall–Kier alpha value is -3.63. The molecular weight excluding hydrogens is 467 g/mol. The summed E-state index contributed by atoms with van der Waals surface area (Å²) in [6.07, 6.45) is 1.89. The maximum atomic E-state index is 13.7. The predicted octanol–water partition coefficient (Wildman–Crippen LogP) is 2.19. The number of carbonyl (C=O) groups is 3. The van der Waals surface area contributed by atoms with Crippen LogP contribution in [0.2, 0.25) is 0 Å². The monoisotopic (exact) mass is 499 g/mol. The molecule has 2 N–H and O–H groups in total. The first-order valence-electron chi connectivity index (χ1n) is 11.6. The molecule has 1 aromatic carbocycles. The van der Waals surface area contributed by atoms with Gasteiger partial charge in [0.1, 0.15) is 5.82 Å². The molecule has 0 radical (unpaired) electrons. The molecule has 2 heterocycles. The van der Waals surface area contributed by atoms with Crippen LogP contribution < -0.4 is 9.80 Å². The third-order valence-corrected chi connectivity index (χ3v) is 5.92. The van der Waals surface area contributed by atoms with Gasteiger partial charge in [-0.15, -0.1) is 0 Å². The topological polar surface area (TPSA) is 109 Å². The van der Waals surface area contributed by atoms with Gasteiger partial charge in [-0.1, -0.05) is 12.1 Å². The molecule has 0 aliphatic carbocycles. The highest BCUT2D eigenvalue weighted by Gasteiger charge is 2.50. The van der Waals surface area contributed by atoms with Crippen molar-refractivity contribution in [2.24, 2.45) is 0 Å². The van der Waals surface area contributed by atoms with Gasteiger partial charge in [0.15, 0.2) is 29.3 Å². The van der Waals surface area contributed by atoms with Crippen LogP contribution in [0.3, 0.4) is 0 Å². The van der Waals surface area contributed by atoms with Gasteiger partial charge in [0, 0.05) is 32.9 Å². The lowest BCUT2D eigenvalue weighted by atomic mass is 9.97. The number of nitrogens with zero attached hydrogens (tertiary/aromatic N) is 3. The number of nitrogens with one attached hydrogen (secondary N) is 1. The van der Waals surface area contributed by atoms with Gasteiger partial charge in [-0.05, 0) is 43.5 Å². The van der Waals surface area contributed by atoms with Crippen molar-refractivity contribution < 1.29 is 28.6 Å². The number of quaternary nitrogens is 1. The number of likely N-dealkylation sites (N-methyl/N-ethyl adjacent to an activating group) is 2. The normalized spacial score (nSPS) is 17.2. The van der Waals surface area contributed by atoms with Gasteiger partial charge >= 0.3 is 5.91 Å². The number of benzene rings is 1. The van der Waals surface area contributed by atoms with E-state index in [1.807, 2.05) is 13.8 Å². The molecule has 0 bridgehead atoms. The average Bonchev–Trinajstić information content (AvgIpc) is 2.82. The van der Waals surface area contributed by atoms with E-state index in [2.05, 4.69) is 10.3 Å². The number of rotatable bonds is 9. The first kappa shape index (κ1) is 27.0. The lowest BCUT2D eigenvalue weighted by Gasteiger charge is -2.35. The summed E-state index contributed by atoms with van der Waals surface area (Å²) in [5.74, 6) is -2.73. The Morgan fingerprint density at radius 1 is 1.19 bits per heavy atom. The molecule has 1 aliphatic rings. The lowest BCUT2D eigenvalue weighted by molar-refractivity contribution is -0.136. The summed E-state index contributed by atoms with van der Waals surface area (Å²) in [7, 11) is 4.67. The second kappa shape index (κ2) is 11.0. The van der Waals surface area contributed by atoms with Gasteiger partial charge in [0.05, 0.1) is 19.8 Å². The number of hydrogen-bond donors (Lipinski definition) is 2. The first-order chi connectivity index (χ1) is 16.9. The van der Waals surface area contributed by atoms with E-state index in [0.717, 1.165) is 5.56 Å². The summed E-state index contributed by atoms with van der Waals surface area (Å²) >= 11 is 0. The van der Waals surface area contributed by atoms with E-state index >= 15 is 0 Å². The number of halogens is 1. The van der Waals surface area contributed by atoms with Crippen LogP contribution >= 0.6 is 0 Å². The van der Waals surface area contributed by atoms with Gasteiger partial charge in [0.25, 0.3) is 11.8 Å². The minimum absolute atomic E-state index is 0.0250. The van der Waals surface area contributed by atoms with Gasteiger partial charge < -0.3 is 20.1 Å². The first-order valence-corrected chi connectivity index (χ1v) is 11.6. The number of hydrogen-bond acceptors (Lipinski definition) is 6. The van der Waals surface area contributed by atoms with Crippen LogP contribution in [-0.4, -0.2) is 79.7 Å². The van der Waals surface area contributed by atoms with E-state index in [9.17, 15) is 23.9 Å². The zero-order chi connectivity index (χ0) is 26.6. The molecular formula is C26H32FN4O5+. The molecule has 0 spiro atoms. The smallest absolute Gasteiger partial charge is 0.360 e. The van der Waals surface area contributed by atoms with E-state index in [1.165, 1.54) is 30.3 Å². The molecule has 1 atom stereocenters. The summed E-state index contributed by atoms with van der Waals surface area (Å²) in [6, 6.07) is 7.69. The molecule has 3 amide bonds. The van der Waals surface area contributed by atoms with E-state index in [1.54, 1.807) is 32.3 Å². The minimum Gasteiger partial charge on any atom is -0.504 e. The fourth-order valence-electron chi connectivity index (χ4n) is 3.89. The van der Waals surface area contributed by atoms with Crippen LogP contribution in [0.1, 0.15) is 30.7 Å². The van der Waals surface area contributed by atoms with E-state index in [4.69, 9.17) is 4.74 Å². The van der Waals surface area contributed by atoms with Crippen molar-refractivity contribution in [3.05, 3.63) is 64.7 Å². The number of aromatic nitrogens is 1. The van der Waals surface area contributed by atoms with Crippen molar-refractivity contribution >= 4 is 29.2 Å². The van der Waals surface area contributed by atoms with Crippen LogP contribution in [0.15, 0.2) is 42.1 Å². The second-order valence-electron chi connectivity index (χ2n) is 9.36. The molecule has 10 heteroatoms. The van der Waals surface area contributed by atoms with Crippen LogP contribution in [-0.2, 0) is 25.5 Å². The highest BCUT2D eigenvalue weighted by molar-refractivity contribution is 6.28. The summed E-state index contributed by atoms with van der Waals surface area (Å²) in [6.45, 7) is 3.81. The lowest BCUT2D eigenvalue weighted by Crippen LogP contribution is -2.59. The Kier molecular flexibility index (Phi) is 8.21. The number of aliphatic hydroxyl groups excluding tert-OH is 1.